The van der Waals surface area contributed by atoms with Gasteiger partial charge in [-0.05, 0) is 19.4 Å². The third-order valence-corrected chi connectivity index (χ3v) is 1.94. The van der Waals surface area contributed by atoms with Crippen molar-refractivity contribution >= 4 is 11.7 Å². The summed E-state index contributed by atoms with van der Waals surface area (Å²) in [5, 5.41) is 2.63. The molecule has 0 fully saturated rings. The molecule has 0 aliphatic carbocycles. The molecule has 0 bridgehead atoms. The summed E-state index contributed by atoms with van der Waals surface area (Å²) in [5.41, 5.74) is 0.978. The van der Waals surface area contributed by atoms with E-state index in [1.807, 2.05) is 6.92 Å². The molecule has 0 radical (unpaired) electrons. The van der Waals surface area contributed by atoms with Gasteiger partial charge in [-0.15, -0.1) is 0 Å². The molecule has 1 aromatic rings. The molecule has 72 valence electrons. The number of nitrogens with one attached hydrogen (secondary N) is 1. The molecule has 1 aliphatic rings. The van der Waals surface area contributed by atoms with E-state index in [2.05, 4.69) is 20.3 Å². The second kappa shape index (κ2) is 3.17. The summed E-state index contributed by atoms with van der Waals surface area (Å²) in [6.45, 7) is 3.64. The standard InChI is InChI=1S/C9H10N4O/c1-5-3-10-7(11-4-5)8-12-6(2)9(14)13-8/h3-4,6H,1-2H3,(H,12,13,14). The van der Waals surface area contributed by atoms with E-state index in [-0.39, 0.29) is 11.9 Å². The third kappa shape index (κ3) is 1.48. The fraction of sp³-hybridized carbons (Fsp3) is 0.333. The molecule has 1 amide bonds. The number of carbonyl (C=O) groups excluding carboxylic acids is 1. The second-order valence-electron chi connectivity index (χ2n) is 3.23. The van der Waals surface area contributed by atoms with Crippen molar-refractivity contribution in [2.75, 3.05) is 0 Å². The first-order valence-electron chi connectivity index (χ1n) is 4.34. The average Bonchev–Trinajstić information content (AvgIpc) is 2.48. The normalized spacial score (nSPS) is 20.6. The summed E-state index contributed by atoms with van der Waals surface area (Å²) in [5.74, 6) is 0.819. The molecule has 14 heavy (non-hydrogen) atoms. The maximum absolute atomic E-state index is 11.1. The van der Waals surface area contributed by atoms with Crippen molar-refractivity contribution < 1.29 is 4.79 Å². The minimum Gasteiger partial charge on any atom is -0.306 e. The highest BCUT2D eigenvalue weighted by atomic mass is 16.2. The molecule has 2 rings (SSSR count). The van der Waals surface area contributed by atoms with Gasteiger partial charge in [0.15, 0.2) is 11.7 Å². The average molecular weight is 190 g/mol. The number of rotatable bonds is 1. The molecule has 5 heteroatoms. The van der Waals surface area contributed by atoms with Crippen LogP contribution < -0.4 is 5.32 Å². The van der Waals surface area contributed by atoms with Crippen LogP contribution in [0.2, 0.25) is 0 Å². The van der Waals surface area contributed by atoms with Gasteiger partial charge < -0.3 is 5.32 Å². The number of aliphatic imine (C=N–C) groups is 1. The Kier molecular flexibility index (Phi) is 1.99. The fourth-order valence-electron chi connectivity index (χ4n) is 1.13. The van der Waals surface area contributed by atoms with E-state index < -0.39 is 0 Å². The van der Waals surface area contributed by atoms with Crippen LogP contribution in [0.3, 0.4) is 0 Å². The third-order valence-electron chi connectivity index (χ3n) is 1.94. The first-order chi connectivity index (χ1) is 6.66. The summed E-state index contributed by atoms with van der Waals surface area (Å²) in [7, 11) is 0. The number of aromatic nitrogens is 2. The predicted molar refractivity (Wildman–Crippen MR) is 50.9 cm³/mol. The Morgan fingerprint density at radius 2 is 2.00 bits per heavy atom. The summed E-state index contributed by atoms with van der Waals surface area (Å²) >= 11 is 0. The van der Waals surface area contributed by atoms with Crippen molar-refractivity contribution in [3.8, 4) is 0 Å². The summed E-state index contributed by atoms with van der Waals surface area (Å²) in [6, 6.07) is -0.338. The monoisotopic (exact) mass is 190 g/mol. The van der Waals surface area contributed by atoms with Crippen LogP contribution in [-0.2, 0) is 4.79 Å². The maximum atomic E-state index is 11.1. The van der Waals surface area contributed by atoms with E-state index in [1.54, 1.807) is 19.3 Å². The lowest BCUT2D eigenvalue weighted by molar-refractivity contribution is -0.119. The molecule has 5 nitrogen and oxygen atoms in total. The van der Waals surface area contributed by atoms with Gasteiger partial charge in [0.1, 0.15) is 6.04 Å². The van der Waals surface area contributed by atoms with Gasteiger partial charge in [0.25, 0.3) is 0 Å². The van der Waals surface area contributed by atoms with E-state index in [1.165, 1.54) is 0 Å². The van der Waals surface area contributed by atoms with Crippen LogP contribution in [0.4, 0.5) is 0 Å². The van der Waals surface area contributed by atoms with Crippen LogP contribution in [0.25, 0.3) is 0 Å². The number of carbonyl (C=O) groups is 1. The van der Waals surface area contributed by atoms with Gasteiger partial charge in [0, 0.05) is 12.4 Å². The zero-order valence-corrected chi connectivity index (χ0v) is 7.98. The van der Waals surface area contributed by atoms with Gasteiger partial charge in [-0.3, -0.25) is 9.79 Å². The molecule has 2 heterocycles. The molecule has 0 saturated carbocycles. The van der Waals surface area contributed by atoms with Crippen LogP contribution in [0.1, 0.15) is 18.3 Å². The molecule has 0 aromatic carbocycles. The van der Waals surface area contributed by atoms with Crippen LogP contribution in [0.15, 0.2) is 17.4 Å². The topological polar surface area (TPSA) is 67.2 Å². The van der Waals surface area contributed by atoms with Gasteiger partial charge in [0.2, 0.25) is 5.91 Å². The van der Waals surface area contributed by atoms with Gasteiger partial charge in [0.05, 0.1) is 0 Å². The van der Waals surface area contributed by atoms with E-state index in [0.29, 0.717) is 11.7 Å². The molecule has 1 atom stereocenters. The number of nitrogens with zero attached hydrogens (tertiary/aromatic N) is 3. The lowest BCUT2D eigenvalue weighted by Gasteiger charge is -1.98. The van der Waals surface area contributed by atoms with Crippen LogP contribution >= 0.6 is 0 Å². The molecular weight excluding hydrogens is 180 g/mol. The van der Waals surface area contributed by atoms with Crippen LogP contribution in [0.5, 0.6) is 0 Å². The number of hydrogen-bond acceptors (Lipinski definition) is 4. The van der Waals surface area contributed by atoms with E-state index in [4.69, 9.17) is 0 Å². The number of hydrogen-bond donors (Lipinski definition) is 1. The van der Waals surface area contributed by atoms with Crippen molar-refractivity contribution in [1.82, 2.24) is 15.3 Å². The Bertz CT molecular complexity index is 396. The SMILES string of the molecule is Cc1cnc(C2=NC(C)C(=O)N2)nc1. The summed E-state index contributed by atoms with van der Waals surface area (Å²) < 4.78 is 0. The lowest BCUT2D eigenvalue weighted by Crippen LogP contribution is -2.29. The van der Waals surface area contributed by atoms with Crippen molar-refractivity contribution in [2.24, 2.45) is 4.99 Å². The second-order valence-corrected chi connectivity index (χ2v) is 3.23. The minimum atomic E-state index is -0.338. The van der Waals surface area contributed by atoms with Gasteiger partial charge >= 0.3 is 0 Å². The van der Waals surface area contributed by atoms with Gasteiger partial charge in [-0.2, -0.15) is 0 Å². The maximum Gasteiger partial charge on any atom is 0.250 e. The Morgan fingerprint density at radius 1 is 1.36 bits per heavy atom. The molecule has 0 saturated heterocycles. The largest absolute Gasteiger partial charge is 0.306 e. The van der Waals surface area contributed by atoms with E-state index in [0.717, 1.165) is 5.56 Å². The highest BCUT2D eigenvalue weighted by Gasteiger charge is 2.23. The molecule has 1 N–H and O–H groups in total. The smallest absolute Gasteiger partial charge is 0.250 e. The number of amides is 1. The zero-order valence-electron chi connectivity index (χ0n) is 7.98. The van der Waals surface area contributed by atoms with Crippen LogP contribution in [0, 0.1) is 6.92 Å². The van der Waals surface area contributed by atoms with Crippen LogP contribution in [-0.4, -0.2) is 27.8 Å². The Labute approximate surface area is 81.3 Å². The molecule has 1 unspecified atom stereocenters. The first kappa shape index (κ1) is 8.80. The highest BCUT2D eigenvalue weighted by Crippen LogP contribution is 2.03. The minimum absolute atomic E-state index is 0.107. The molecular formula is C9H10N4O. The zero-order chi connectivity index (χ0) is 10.1. The molecule has 0 spiro atoms. The summed E-state index contributed by atoms with van der Waals surface area (Å²) in [6.07, 6.45) is 3.39. The Morgan fingerprint density at radius 3 is 2.50 bits per heavy atom. The Hall–Kier alpha value is -1.78. The molecule has 1 aromatic heterocycles. The predicted octanol–water partition coefficient (Wildman–Crippen LogP) is 0.0499. The van der Waals surface area contributed by atoms with Crippen molar-refractivity contribution in [3.63, 3.8) is 0 Å². The quantitative estimate of drug-likeness (QED) is 0.680. The van der Waals surface area contributed by atoms with Gasteiger partial charge in [-0.1, -0.05) is 0 Å². The van der Waals surface area contributed by atoms with Crippen molar-refractivity contribution in [2.45, 2.75) is 19.9 Å². The lowest BCUT2D eigenvalue weighted by atomic mass is 10.4. The fourth-order valence-corrected chi connectivity index (χ4v) is 1.13. The number of aryl methyl sites for hydroxylation is 1. The Balaban J connectivity index is 2.29. The first-order valence-corrected chi connectivity index (χ1v) is 4.34. The number of amidine groups is 1. The molecule has 1 aliphatic heterocycles. The van der Waals surface area contributed by atoms with Crippen molar-refractivity contribution in [1.29, 1.82) is 0 Å². The van der Waals surface area contributed by atoms with Gasteiger partial charge in [-0.25, -0.2) is 9.97 Å². The van der Waals surface area contributed by atoms with Crippen molar-refractivity contribution in [3.05, 3.63) is 23.8 Å². The summed E-state index contributed by atoms with van der Waals surface area (Å²) in [4.78, 5) is 23.4. The van der Waals surface area contributed by atoms with E-state index in [9.17, 15) is 4.79 Å². The van der Waals surface area contributed by atoms with E-state index >= 15 is 0 Å². The highest BCUT2D eigenvalue weighted by molar-refractivity contribution is 6.11.